The Hall–Kier alpha value is -4.08. The van der Waals surface area contributed by atoms with Crippen LogP contribution in [0.5, 0.6) is 5.75 Å². The summed E-state index contributed by atoms with van der Waals surface area (Å²) in [7, 11) is 0. The van der Waals surface area contributed by atoms with Crippen LogP contribution in [0.1, 0.15) is 53.5 Å². The van der Waals surface area contributed by atoms with Crippen LogP contribution in [0.15, 0.2) is 60.2 Å². The van der Waals surface area contributed by atoms with Gasteiger partial charge >= 0.3 is 11.9 Å². The molecule has 0 spiro atoms. The molecule has 0 fully saturated rings. The molecule has 3 aromatic rings. The monoisotopic (exact) mass is 518 g/mol. The van der Waals surface area contributed by atoms with Crippen LogP contribution in [-0.2, 0) is 16.0 Å². The molecule has 0 bridgehead atoms. The number of rotatable bonds is 9. The molecule has 0 aliphatic carbocycles. The molecule has 0 saturated heterocycles. The molecule has 0 amide bonds. The first-order valence-corrected chi connectivity index (χ1v) is 12.3. The van der Waals surface area contributed by atoms with Gasteiger partial charge in [-0.1, -0.05) is 30.3 Å². The summed E-state index contributed by atoms with van der Waals surface area (Å²) in [6.45, 7) is 5.37. The van der Waals surface area contributed by atoms with Crippen molar-refractivity contribution in [3.63, 3.8) is 0 Å². The minimum Gasteiger partial charge on any atom is -0.484 e. The van der Waals surface area contributed by atoms with Crippen molar-refractivity contribution in [2.45, 2.75) is 51.4 Å². The number of pyridine rings is 1. The molecule has 1 aliphatic heterocycles. The molecule has 3 atom stereocenters. The maximum Gasteiger partial charge on any atom is 0.331 e. The molecule has 9 nitrogen and oxygen atoms in total. The van der Waals surface area contributed by atoms with E-state index >= 15 is 0 Å². The molecular weight excluding hydrogens is 488 g/mol. The molecule has 4 rings (SSSR count). The number of carbonyl (C=O) groups excluding carboxylic acids is 1. The lowest BCUT2D eigenvalue weighted by Crippen LogP contribution is -2.55. The highest BCUT2D eigenvalue weighted by Crippen LogP contribution is 2.44. The van der Waals surface area contributed by atoms with E-state index < -0.39 is 35.3 Å². The first-order valence-electron chi connectivity index (χ1n) is 12.3. The minimum absolute atomic E-state index is 0.166. The van der Waals surface area contributed by atoms with E-state index in [1.165, 1.54) is 6.92 Å². The third-order valence-electron chi connectivity index (χ3n) is 6.86. The predicted molar refractivity (Wildman–Crippen MR) is 140 cm³/mol. The van der Waals surface area contributed by atoms with Crippen molar-refractivity contribution in [2.75, 3.05) is 6.54 Å². The summed E-state index contributed by atoms with van der Waals surface area (Å²) in [5.41, 5.74) is 1.58. The Morgan fingerprint density at radius 2 is 1.84 bits per heavy atom. The Bertz CT molecular complexity index is 1430. The van der Waals surface area contributed by atoms with Crippen molar-refractivity contribution >= 4 is 28.6 Å². The topological polar surface area (TPSA) is 146 Å². The minimum atomic E-state index is -1.45. The summed E-state index contributed by atoms with van der Waals surface area (Å²) in [5, 5.41) is 34.4. The Labute approximate surface area is 219 Å². The summed E-state index contributed by atoms with van der Waals surface area (Å²) < 4.78 is 6.25. The van der Waals surface area contributed by atoms with Gasteiger partial charge in [0.2, 0.25) is 0 Å². The number of aromatic nitrogens is 1. The number of nitrogens with zero attached hydrogens (tertiary/aromatic N) is 1. The summed E-state index contributed by atoms with van der Waals surface area (Å²) in [5.74, 6) is -2.55. The number of aryl methyl sites for hydroxylation is 1. The molecule has 4 N–H and O–H groups in total. The largest absolute Gasteiger partial charge is 0.484 e. The van der Waals surface area contributed by atoms with Gasteiger partial charge in [-0.15, -0.1) is 0 Å². The number of aliphatic carboxylic acids is 2. The normalized spacial score (nSPS) is 21.0. The number of hydrogen-bond donors (Lipinski definition) is 4. The van der Waals surface area contributed by atoms with Gasteiger partial charge in [0.05, 0.1) is 11.6 Å². The van der Waals surface area contributed by atoms with E-state index in [0.29, 0.717) is 41.6 Å². The third-order valence-corrected chi connectivity index (χ3v) is 6.86. The van der Waals surface area contributed by atoms with Crippen molar-refractivity contribution in [3.8, 4) is 5.75 Å². The van der Waals surface area contributed by atoms with E-state index in [2.05, 4.69) is 10.3 Å². The lowest BCUT2D eigenvalue weighted by atomic mass is 9.80. The number of benzene rings is 2. The zero-order chi connectivity index (χ0) is 27.6. The smallest absolute Gasteiger partial charge is 0.331 e. The second kappa shape index (κ2) is 10.7. The number of fused-ring (bicyclic) bond motifs is 2. The number of aliphatic hydroxyl groups excluding tert-OH is 1. The SMILES string of the molecule is CC(=O)c1cc(C)c2cc3c(cc2n1)[C@H](NCCc1ccccc1)[C@@H](O)C(C)(C/C(=C/C(=O)O)C(=O)O)O3. The van der Waals surface area contributed by atoms with Crippen LogP contribution in [0.25, 0.3) is 10.9 Å². The van der Waals surface area contributed by atoms with Gasteiger partial charge in [-0.05, 0) is 56.1 Å². The third kappa shape index (κ3) is 5.58. The number of ketones is 1. The van der Waals surface area contributed by atoms with E-state index in [1.54, 1.807) is 25.1 Å². The van der Waals surface area contributed by atoms with Crippen molar-refractivity contribution in [1.82, 2.24) is 10.3 Å². The number of nitrogens with one attached hydrogen (secondary N) is 1. The maximum atomic E-state index is 12.0. The van der Waals surface area contributed by atoms with E-state index in [1.807, 2.05) is 37.3 Å². The fourth-order valence-electron chi connectivity index (χ4n) is 4.88. The lowest BCUT2D eigenvalue weighted by molar-refractivity contribution is -0.136. The highest BCUT2D eigenvalue weighted by atomic mass is 16.5. The van der Waals surface area contributed by atoms with Gasteiger partial charge in [0.25, 0.3) is 0 Å². The standard InChI is InChI=1S/C29H30N2O7/c1-16-11-22(17(2)32)31-23-13-21-24(14-20(16)23)38-29(3,15-19(28(36)37)12-25(33)34)27(35)26(21)30-10-9-18-7-5-4-6-8-18/h4-8,11-14,26-27,30,35H,9-10,15H2,1-3H3,(H,33,34)(H,36,37)/b19-12-/t26-,27+,29?/m0/s1. The zero-order valence-corrected chi connectivity index (χ0v) is 21.4. The molecule has 198 valence electrons. The molecule has 1 aliphatic rings. The van der Waals surface area contributed by atoms with Gasteiger partial charge in [-0.2, -0.15) is 0 Å². The van der Waals surface area contributed by atoms with E-state index in [-0.39, 0.29) is 12.2 Å². The van der Waals surface area contributed by atoms with E-state index in [9.17, 15) is 29.7 Å². The van der Waals surface area contributed by atoms with Gasteiger partial charge in [0.15, 0.2) is 5.78 Å². The van der Waals surface area contributed by atoms with Crippen LogP contribution in [0.2, 0.25) is 0 Å². The number of Topliss-reactive ketones (excluding diaryl/α,β-unsaturated/α-hetero) is 1. The fourth-order valence-corrected chi connectivity index (χ4v) is 4.88. The molecule has 0 radical (unpaired) electrons. The van der Waals surface area contributed by atoms with Gasteiger partial charge in [0, 0.05) is 35.9 Å². The number of aliphatic hydroxyl groups is 1. The number of carboxylic acid groups (broad SMARTS) is 2. The first kappa shape index (κ1) is 27.0. The van der Waals surface area contributed by atoms with Crippen LogP contribution in [0, 0.1) is 6.92 Å². The highest BCUT2D eigenvalue weighted by molar-refractivity contribution is 5.96. The number of carboxylic acids is 2. The van der Waals surface area contributed by atoms with Crippen molar-refractivity contribution < 1.29 is 34.4 Å². The first-order chi connectivity index (χ1) is 18.0. The average molecular weight is 519 g/mol. The fraction of sp³-hybridized carbons (Fsp3) is 0.310. The maximum absolute atomic E-state index is 12.0. The van der Waals surface area contributed by atoms with Crippen molar-refractivity contribution in [1.29, 1.82) is 0 Å². The molecule has 9 heteroatoms. The summed E-state index contributed by atoms with van der Waals surface area (Å²) in [6.07, 6.45) is -0.286. The Balaban J connectivity index is 1.78. The second-order valence-electron chi connectivity index (χ2n) is 9.80. The molecule has 2 aromatic carbocycles. The molecule has 38 heavy (non-hydrogen) atoms. The van der Waals surface area contributed by atoms with Crippen LogP contribution in [0.3, 0.4) is 0 Å². The van der Waals surface area contributed by atoms with Gasteiger partial charge in [-0.3, -0.25) is 4.79 Å². The summed E-state index contributed by atoms with van der Waals surface area (Å²) >= 11 is 0. The van der Waals surface area contributed by atoms with Gasteiger partial charge < -0.3 is 25.4 Å². The molecular formula is C29H30N2O7. The molecule has 1 unspecified atom stereocenters. The predicted octanol–water partition coefficient (Wildman–Crippen LogP) is 3.62. The number of carbonyl (C=O) groups is 3. The Morgan fingerprint density at radius 3 is 2.47 bits per heavy atom. The van der Waals surface area contributed by atoms with Gasteiger partial charge in [-0.25, -0.2) is 14.6 Å². The quantitative estimate of drug-likeness (QED) is 0.246. The molecule has 2 heterocycles. The second-order valence-corrected chi connectivity index (χ2v) is 9.80. The number of ether oxygens (including phenoxy) is 1. The van der Waals surface area contributed by atoms with Crippen LogP contribution >= 0.6 is 0 Å². The average Bonchev–Trinajstić information content (AvgIpc) is 2.85. The van der Waals surface area contributed by atoms with Crippen LogP contribution < -0.4 is 10.1 Å². The Morgan fingerprint density at radius 1 is 1.13 bits per heavy atom. The summed E-state index contributed by atoms with van der Waals surface area (Å²) in [4.78, 5) is 39.6. The van der Waals surface area contributed by atoms with E-state index in [4.69, 9.17) is 4.74 Å². The zero-order valence-electron chi connectivity index (χ0n) is 21.4. The Kier molecular flexibility index (Phi) is 7.61. The van der Waals surface area contributed by atoms with Crippen molar-refractivity contribution in [3.05, 3.63) is 82.6 Å². The highest BCUT2D eigenvalue weighted by Gasteiger charge is 2.47. The van der Waals surface area contributed by atoms with Crippen LogP contribution in [0.4, 0.5) is 0 Å². The molecule has 1 aromatic heterocycles. The van der Waals surface area contributed by atoms with Gasteiger partial charge in [0.1, 0.15) is 23.1 Å². The van der Waals surface area contributed by atoms with Crippen LogP contribution in [-0.4, -0.2) is 56.3 Å². The van der Waals surface area contributed by atoms with E-state index in [0.717, 1.165) is 16.5 Å². The summed E-state index contributed by atoms with van der Waals surface area (Å²) in [6, 6.07) is 14.4. The lowest BCUT2D eigenvalue weighted by Gasteiger charge is -2.45. The van der Waals surface area contributed by atoms with Crippen molar-refractivity contribution in [2.24, 2.45) is 0 Å². The molecule has 0 saturated carbocycles. The number of hydrogen-bond acceptors (Lipinski definition) is 7.